The molecule has 0 radical (unpaired) electrons. The Labute approximate surface area is 86.0 Å². The van der Waals surface area contributed by atoms with Gasteiger partial charge in [0, 0.05) is 4.88 Å². The molecule has 0 fully saturated rings. The lowest BCUT2D eigenvalue weighted by Crippen LogP contribution is -2.06. The summed E-state index contributed by atoms with van der Waals surface area (Å²) in [6.45, 7) is 2.06. The monoisotopic (exact) mass is 206 g/mol. The van der Waals surface area contributed by atoms with Gasteiger partial charge in [0.2, 0.25) is 0 Å². The van der Waals surface area contributed by atoms with Gasteiger partial charge in [-0.2, -0.15) is 0 Å². The standard InChI is InChI=1S/C10H10N2OS/c1-8(10-3-2-4-14-10)12-7-11-5-9(12)6-13/h2-8H,1H3. The molecular formula is C10H10N2OS. The summed E-state index contributed by atoms with van der Waals surface area (Å²) in [5.74, 6) is 0. The molecule has 2 heterocycles. The zero-order valence-electron chi connectivity index (χ0n) is 7.75. The third-order valence-corrected chi connectivity index (χ3v) is 3.23. The molecule has 4 heteroatoms. The van der Waals surface area contributed by atoms with Crippen LogP contribution in [0.2, 0.25) is 0 Å². The fraction of sp³-hybridized carbons (Fsp3) is 0.200. The Morgan fingerprint density at radius 2 is 2.50 bits per heavy atom. The number of thiophene rings is 1. The highest BCUT2D eigenvalue weighted by atomic mass is 32.1. The van der Waals surface area contributed by atoms with Crippen molar-refractivity contribution < 1.29 is 4.79 Å². The molecule has 0 aromatic carbocycles. The van der Waals surface area contributed by atoms with Gasteiger partial charge in [0.25, 0.3) is 0 Å². The van der Waals surface area contributed by atoms with Gasteiger partial charge in [-0.1, -0.05) is 6.07 Å². The highest BCUT2D eigenvalue weighted by Crippen LogP contribution is 2.23. The SMILES string of the molecule is CC(c1cccs1)n1cncc1C=O. The number of imidazole rings is 1. The van der Waals surface area contributed by atoms with Gasteiger partial charge in [-0.15, -0.1) is 11.3 Å². The molecule has 14 heavy (non-hydrogen) atoms. The number of aromatic nitrogens is 2. The lowest BCUT2D eigenvalue weighted by Gasteiger charge is -2.12. The largest absolute Gasteiger partial charge is 0.320 e. The minimum atomic E-state index is 0.178. The Hall–Kier alpha value is -1.42. The fourth-order valence-electron chi connectivity index (χ4n) is 1.40. The van der Waals surface area contributed by atoms with E-state index in [9.17, 15) is 4.79 Å². The van der Waals surface area contributed by atoms with E-state index in [0.717, 1.165) is 6.29 Å². The topological polar surface area (TPSA) is 34.9 Å². The van der Waals surface area contributed by atoms with Crippen molar-refractivity contribution in [1.82, 2.24) is 9.55 Å². The molecule has 0 bridgehead atoms. The number of carbonyl (C=O) groups excluding carboxylic acids is 1. The minimum absolute atomic E-state index is 0.178. The summed E-state index contributed by atoms with van der Waals surface area (Å²) in [4.78, 5) is 15.9. The predicted molar refractivity (Wildman–Crippen MR) is 55.7 cm³/mol. The molecule has 1 atom stereocenters. The third-order valence-electron chi connectivity index (χ3n) is 2.19. The van der Waals surface area contributed by atoms with Gasteiger partial charge in [-0.3, -0.25) is 4.79 Å². The van der Waals surface area contributed by atoms with E-state index in [1.54, 1.807) is 23.9 Å². The Morgan fingerprint density at radius 1 is 1.64 bits per heavy atom. The maximum absolute atomic E-state index is 10.7. The lowest BCUT2D eigenvalue weighted by molar-refractivity contribution is 0.111. The van der Waals surface area contributed by atoms with Gasteiger partial charge < -0.3 is 4.57 Å². The maximum Gasteiger partial charge on any atom is 0.168 e. The van der Waals surface area contributed by atoms with E-state index in [0.29, 0.717) is 5.69 Å². The second-order valence-electron chi connectivity index (χ2n) is 3.04. The predicted octanol–water partition coefficient (Wildman–Crippen LogP) is 2.37. The zero-order valence-corrected chi connectivity index (χ0v) is 8.57. The van der Waals surface area contributed by atoms with Gasteiger partial charge in [0.05, 0.1) is 18.6 Å². The van der Waals surface area contributed by atoms with Gasteiger partial charge >= 0.3 is 0 Å². The number of rotatable bonds is 3. The summed E-state index contributed by atoms with van der Waals surface area (Å²) in [5.41, 5.74) is 0.617. The fourth-order valence-corrected chi connectivity index (χ4v) is 2.18. The molecule has 0 aliphatic carbocycles. The summed E-state index contributed by atoms with van der Waals surface area (Å²) < 4.78 is 1.87. The van der Waals surface area contributed by atoms with Crippen LogP contribution >= 0.6 is 11.3 Å². The molecule has 0 aliphatic rings. The van der Waals surface area contributed by atoms with E-state index in [-0.39, 0.29) is 6.04 Å². The van der Waals surface area contributed by atoms with Crippen LogP contribution in [0.5, 0.6) is 0 Å². The molecule has 0 spiro atoms. The Kier molecular flexibility index (Phi) is 2.45. The average molecular weight is 206 g/mol. The Balaban J connectivity index is 2.36. The quantitative estimate of drug-likeness (QED) is 0.722. The molecular weight excluding hydrogens is 196 g/mol. The Morgan fingerprint density at radius 3 is 3.14 bits per heavy atom. The number of nitrogens with zero attached hydrogens (tertiary/aromatic N) is 2. The van der Waals surface area contributed by atoms with Crippen LogP contribution in [0.4, 0.5) is 0 Å². The van der Waals surface area contributed by atoms with Crippen LogP contribution in [-0.2, 0) is 0 Å². The molecule has 2 aromatic heterocycles. The molecule has 2 rings (SSSR count). The van der Waals surface area contributed by atoms with E-state index in [1.165, 1.54) is 4.88 Å². The van der Waals surface area contributed by atoms with E-state index in [1.807, 2.05) is 16.0 Å². The summed E-state index contributed by atoms with van der Waals surface area (Å²) in [5, 5.41) is 2.03. The van der Waals surface area contributed by atoms with E-state index >= 15 is 0 Å². The minimum Gasteiger partial charge on any atom is -0.320 e. The summed E-state index contributed by atoms with van der Waals surface area (Å²) in [6, 6.07) is 4.25. The third kappa shape index (κ3) is 1.48. The molecule has 2 aromatic rings. The van der Waals surface area contributed by atoms with Crippen LogP contribution in [0.25, 0.3) is 0 Å². The molecule has 0 saturated carbocycles. The molecule has 0 amide bonds. The highest BCUT2D eigenvalue weighted by Gasteiger charge is 2.11. The number of carbonyl (C=O) groups is 1. The van der Waals surface area contributed by atoms with Crippen molar-refractivity contribution >= 4 is 17.6 Å². The number of hydrogen-bond donors (Lipinski definition) is 0. The first-order valence-corrected chi connectivity index (χ1v) is 5.21. The Bertz CT molecular complexity index is 419. The van der Waals surface area contributed by atoms with Crippen molar-refractivity contribution in [3.8, 4) is 0 Å². The van der Waals surface area contributed by atoms with Crippen LogP contribution < -0.4 is 0 Å². The molecule has 72 valence electrons. The summed E-state index contributed by atoms with van der Waals surface area (Å²) in [6.07, 6.45) is 4.10. The van der Waals surface area contributed by atoms with Crippen molar-refractivity contribution in [2.24, 2.45) is 0 Å². The first kappa shape index (κ1) is 9.15. The van der Waals surface area contributed by atoms with Crippen molar-refractivity contribution in [3.05, 3.63) is 40.6 Å². The molecule has 0 saturated heterocycles. The van der Waals surface area contributed by atoms with Crippen molar-refractivity contribution in [2.75, 3.05) is 0 Å². The van der Waals surface area contributed by atoms with E-state index in [2.05, 4.69) is 18.0 Å². The van der Waals surface area contributed by atoms with Crippen molar-refractivity contribution in [3.63, 3.8) is 0 Å². The molecule has 3 nitrogen and oxygen atoms in total. The number of hydrogen-bond acceptors (Lipinski definition) is 3. The van der Waals surface area contributed by atoms with Gasteiger partial charge in [0.1, 0.15) is 5.69 Å². The first-order valence-electron chi connectivity index (χ1n) is 4.33. The second kappa shape index (κ2) is 3.75. The lowest BCUT2D eigenvalue weighted by atomic mass is 10.2. The zero-order chi connectivity index (χ0) is 9.97. The van der Waals surface area contributed by atoms with Crippen molar-refractivity contribution in [1.29, 1.82) is 0 Å². The van der Waals surface area contributed by atoms with Gasteiger partial charge in [0.15, 0.2) is 6.29 Å². The van der Waals surface area contributed by atoms with Crippen LogP contribution in [0.3, 0.4) is 0 Å². The second-order valence-corrected chi connectivity index (χ2v) is 4.01. The highest BCUT2D eigenvalue weighted by molar-refractivity contribution is 7.10. The molecule has 0 N–H and O–H groups in total. The van der Waals surface area contributed by atoms with Gasteiger partial charge in [-0.05, 0) is 18.4 Å². The average Bonchev–Trinajstić information content (AvgIpc) is 2.87. The first-order chi connectivity index (χ1) is 6.83. The van der Waals surface area contributed by atoms with E-state index in [4.69, 9.17) is 0 Å². The maximum atomic E-state index is 10.7. The smallest absolute Gasteiger partial charge is 0.168 e. The van der Waals surface area contributed by atoms with Crippen molar-refractivity contribution in [2.45, 2.75) is 13.0 Å². The molecule has 0 aliphatic heterocycles. The molecule has 1 unspecified atom stereocenters. The van der Waals surface area contributed by atoms with Crippen LogP contribution in [0.15, 0.2) is 30.0 Å². The van der Waals surface area contributed by atoms with Crippen LogP contribution in [0.1, 0.15) is 28.3 Å². The summed E-state index contributed by atoms with van der Waals surface area (Å²) >= 11 is 1.68. The van der Waals surface area contributed by atoms with Crippen LogP contribution in [-0.4, -0.2) is 15.8 Å². The number of aldehydes is 1. The normalized spacial score (nSPS) is 12.6. The van der Waals surface area contributed by atoms with Gasteiger partial charge in [-0.25, -0.2) is 4.98 Å². The van der Waals surface area contributed by atoms with Crippen LogP contribution in [0, 0.1) is 0 Å². The van der Waals surface area contributed by atoms with E-state index < -0.39 is 0 Å². The summed E-state index contributed by atoms with van der Waals surface area (Å²) in [7, 11) is 0.